The van der Waals surface area contributed by atoms with Gasteiger partial charge in [-0.2, -0.15) is 4.40 Å². The van der Waals surface area contributed by atoms with Crippen LogP contribution in [-0.2, 0) is 13.0 Å². The summed E-state index contributed by atoms with van der Waals surface area (Å²) in [4.78, 5) is 5.06. The van der Waals surface area contributed by atoms with Gasteiger partial charge in [0.05, 0.1) is 10.2 Å². The van der Waals surface area contributed by atoms with Gasteiger partial charge in [-0.05, 0) is 46.8 Å². The monoisotopic (exact) mass is 406 g/mol. The SMILES string of the molecule is CCc1nc(C2CC2)cc2c1[n+](Cc1ccccc1)c1ccc(Br)cn21. The largest absolute Gasteiger partial charge is 0.287 e. The van der Waals surface area contributed by atoms with Crippen molar-refractivity contribution in [1.82, 2.24) is 9.38 Å². The van der Waals surface area contributed by atoms with Gasteiger partial charge in [-0.25, -0.2) is 4.57 Å². The van der Waals surface area contributed by atoms with Crippen molar-refractivity contribution in [3.63, 3.8) is 0 Å². The van der Waals surface area contributed by atoms with Gasteiger partial charge in [0.2, 0.25) is 0 Å². The second-order valence-electron chi connectivity index (χ2n) is 7.14. The summed E-state index contributed by atoms with van der Waals surface area (Å²) in [5.41, 5.74) is 7.52. The average molecular weight is 407 g/mol. The highest BCUT2D eigenvalue weighted by atomic mass is 79.9. The summed E-state index contributed by atoms with van der Waals surface area (Å²) < 4.78 is 5.82. The second-order valence-corrected chi connectivity index (χ2v) is 8.05. The van der Waals surface area contributed by atoms with Crippen molar-refractivity contribution in [3.05, 3.63) is 76.2 Å². The van der Waals surface area contributed by atoms with E-state index < -0.39 is 0 Å². The lowest BCUT2D eigenvalue weighted by molar-refractivity contribution is -0.636. The van der Waals surface area contributed by atoms with Gasteiger partial charge in [0.1, 0.15) is 12.7 Å². The number of pyridine rings is 2. The maximum Gasteiger partial charge on any atom is 0.287 e. The topological polar surface area (TPSA) is 21.2 Å². The van der Waals surface area contributed by atoms with Gasteiger partial charge in [0.25, 0.3) is 5.65 Å². The molecule has 3 heterocycles. The van der Waals surface area contributed by atoms with Crippen LogP contribution in [0.25, 0.3) is 16.7 Å². The summed E-state index contributed by atoms with van der Waals surface area (Å²) >= 11 is 3.64. The Labute approximate surface area is 161 Å². The van der Waals surface area contributed by atoms with Crippen LogP contribution in [0.5, 0.6) is 0 Å². The molecular formula is C22H21BrN3+. The molecular weight excluding hydrogens is 386 g/mol. The van der Waals surface area contributed by atoms with Crippen LogP contribution in [0.4, 0.5) is 0 Å². The first kappa shape index (κ1) is 16.0. The molecule has 5 rings (SSSR count). The van der Waals surface area contributed by atoms with Gasteiger partial charge in [0.15, 0.2) is 11.0 Å². The highest BCUT2D eigenvalue weighted by molar-refractivity contribution is 9.10. The van der Waals surface area contributed by atoms with Crippen molar-refractivity contribution >= 4 is 32.6 Å². The van der Waals surface area contributed by atoms with E-state index in [9.17, 15) is 0 Å². The first-order valence-electron chi connectivity index (χ1n) is 9.31. The molecule has 1 aliphatic rings. The summed E-state index contributed by atoms with van der Waals surface area (Å²) in [6.07, 6.45) is 5.68. The van der Waals surface area contributed by atoms with Crippen LogP contribution in [0, 0.1) is 0 Å². The molecule has 0 unspecified atom stereocenters. The zero-order valence-corrected chi connectivity index (χ0v) is 16.4. The van der Waals surface area contributed by atoms with Crippen LogP contribution in [0.3, 0.4) is 0 Å². The van der Waals surface area contributed by atoms with Crippen molar-refractivity contribution in [2.24, 2.45) is 0 Å². The Hall–Kier alpha value is -2.20. The highest BCUT2D eigenvalue weighted by Gasteiger charge is 2.30. The lowest BCUT2D eigenvalue weighted by Crippen LogP contribution is -2.35. The third-order valence-electron chi connectivity index (χ3n) is 5.28. The fourth-order valence-electron chi connectivity index (χ4n) is 3.83. The number of rotatable bonds is 4. The number of hydrogen-bond donors (Lipinski definition) is 0. The molecule has 1 aliphatic carbocycles. The average Bonchev–Trinajstić information content (AvgIpc) is 3.47. The number of benzene rings is 1. The number of aromatic nitrogens is 3. The van der Waals surface area contributed by atoms with Crippen LogP contribution in [-0.4, -0.2) is 9.38 Å². The molecule has 0 amide bonds. The van der Waals surface area contributed by atoms with Crippen molar-refractivity contribution in [2.45, 2.75) is 38.6 Å². The fraction of sp³-hybridized carbons (Fsp3) is 0.273. The van der Waals surface area contributed by atoms with Crippen LogP contribution >= 0.6 is 15.9 Å². The van der Waals surface area contributed by atoms with E-state index in [2.05, 4.69) is 86.5 Å². The Morgan fingerprint density at radius 3 is 2.69 bits per heavy atom. The molecule has 26 heavy (non-hydrogen) atoms. The minimum Gasteiger partial charge on any atom is -0.253 e. The third-order valence-corrected chi connectivity index (χ3v) is 5.74. The minimum atomic E-state index is 0.657. The van der Waals surface area contributed by atoms with E-state index >= 15 is 0 Å². The van der Waals surface area contributed by atoms with Crippen molar-refractivity contribution < 1.29 is 4.57 Å². The third kappa shape index (κ3) is 2.64. The maximum absolute atomic E-state index is 5.06. The van der Waals surface area contributed by atoms with Gasteiger partial charge >= 0.3 is 0 Å². The lowest BCUT2D eigenvalue weighted by Gasteiger charge is -2.04. The molecule has 0 N–H and O–H groups in total. The lowest BCUT2D eigenvalue weighted by atomic mass is 10.1. The fourth-order valence-corrected chi connectivity index (χ4v) is 4.17. The van der Waals surface area contributed by atoms with Crippen molar-refractivity contribution in [1.29, 1.82) is 0 Å². The van der Waals surface area contributed by atoms with E-state index in [1.54, 1.807) is 0 Å². The van der Waals surface area contributed by atoms with E-state index in [1.165, 1.54) is 46.5 Å². The van der Waals surface area contributed by atoms with E-state index in [4.69, 9.17) is 4.98 Å². The van der Waals surface area contributed by atoms with E-state index in [-0.39, 0.29) is 0 Å². The molecule has 0 atom stereocenters. The Kier molecular flexibility index (Phi) is 3.82. The maximum atomic E-state index is 5.06. The molecule has 130 valence electrons. The Morgan fingerprint density at radius 1 is 1.15 bits per heavy atom. The molecule has 0 spiro atoms. The van der Waals surface area contributed by atoms with Crippen LogP contribution in [0.15, 0.2) is 59.2 Å². The summed E-state index contributed by atoms with van der Waals surface area (Å²) in [5, 5.41) is 0. The Balaban J connectivity index is 1.83. The molecule has 4 heteroatoms. The molecule has 0 saturated heterocycles. The van der Waals surface area contributed by atoms with Gasteiger partial charge in [-0.15, -0.1) is 0 Å². The molecule has 0 aliphatic heterocycles. The molecule has 3 aromatic heterocycles. The molecule has 1 fully saturated rings. The van der Waals surface area contributed by atoms with Gasteiger partial charge in [-0.1, -0.05) is 37.3 Å². The normalized spacial score (nSPS) is 14.4. The van der Waals surface area contributed by atoms with Gasteiger partial charge in [0, 0.05) is 23.7 Å². The number of fused-ring (bicyclic) bond motifs is 3. The van der Waals surface area contributed by atoms with Crippen molar-refractivity contribution in [3.8, 4) is 0 Å². The Morgan fingerprint density at radius 2 is 1.96 bits per heavy atom. The van der Waals surface area contributed by atoms with E-state index in [0.717, 1.165) is 17.4 Å². The smallest absolute Gasteiger partial charge is 0.253 e. The minimum absolute atomic E-state index is 0.657. The van der Waals surface area contributed by atoms with Gasteiger partial charge < -0.3 is 0 Å². The van der Waals surface area contributed by atoms with Crippen LogP contribution in [0.1, 0.15) is 42.6 Å². The highest BCUT2D eigenvalue weighted by Crippen LogP contribution is 2.40. The zero-order valence-electron chi connectivity index (χ0n) is 14.8. The van der Waals surface area contributed by atoms with E-state index in [0.29, 0.717) is 5.92 Å². The van der Waals surface area contributed by atoms with Crippen molar-refractivity contribution in [2.75, 3.05) is 0 Å². The molecule has 1 saturated carbocycles. The molecule has 1 aromatic carbocycles. The quantitative estimate of drug-likeness (QED) is 0.435. The number of aryl methyl sites for hydroxylation is 1. The van der Waals surface area contributed by atoms with Crippen LogP contribution in [0.2, 0.25) is 0 Å². The summed E-state index contributed by atoms with van der Waals surface area (Å²) in [7, 11) is 0. The predicted octanol–water partition coefficient (Wildman–Crippen LogP) is 5.03. The van der Waals surface area contributed by atoms with Crippen LogP contribution < -0.4 is 4.57 Å². The van der Waals surface area contributed by atoms with E-state index in [1.807, 2.05) is 0 Å². The Bertz CT molecular complexity index is 1110. The summed E-state index contributed by atoms with van der Waals surface area (Å²) in [5.74, 6) is 0.657. The summed E-state index contributed by atoms with van der Waals surface area (Å²) in [6, 6.07) is 17.3. The number of imidazole rings is 1. The number of halogens is 1. The zero-order chi connectivity index (χ0) is 17.7. The summed E-state index contributed by atoms with van der Waals surface area (Å²) in [6.45, 7) is 3.07. The predicted molar refractivity (Wildman–Crippen MR) is 107 cm³/mol. The molecule has 0 bridgehead atoms. The standard InChI is InChI=1S/C22H21BrN3/c1-2-18-22-20(12-19(24-18)16-8-9-16)25-14-17(23)10-11-21(25)26(22)13-15-6-4-3-5-7-15/h3-7,10-12,14,16H,2,8-9,13H2,1H3/q+1. The number of hydrogen-bond acceptors (Lipinski definition) is 1. The molecule has 3 nitrogen and oxygen atoms in total. The molecule has 4 aromatic rings. The molecule has 0 radical (unpaired) electrons. The first-order valence-corrected chi connectivity index (χ1v) is 10.1. The van der Waals surface area contributed by atoms with Gasteiger partial charge in [-0.3, -0.25) is 4.98 Å². The second kappa shape index (κ2) is 6.20. The first-order chi connectivity index (χ1) is 12.7. The number of nitrogens with zero attached hydrogens (tertiary/aromatic N) is 3.